The van der Waals surface area contributed by atoms with Gasteiger partial charge in [-0.05, 0) is 54.0 Å². The predicted molar refractivity (Wildman–Crippen MR) is 94.7 cm³/mol. The Labute approximate surface area is 143 Å². The van der Waals surface area contributed by atoms with Gasteiger partial charge in [0.1, 0.15) is 6.33 Å². The molecule has 1 amide bonds. The highest BCUT2D eigenvalue weighted by Crippen LogP contribution is 2.39. The van der Waals surface area contributed by atoms with Crippen molar-refractivity contribution in [2.75, 3.05) is 11.1 Å². The molecule has 23 heavy (non-hydrogen) atoms. The summed E-state index contributed by atoms with van der Waals surface area (Å²) in [7, 11) is 3.98. The zero-order valence-corrected chi connectivity index (χ0v) is 14.4. The van der Waals surface area contributed by atoms with Crippen LogP contribution in [0.15, 0.2) is 30.6 Å². The maximum atomic E-state index is 12.0. The molecule has 3 rings (SSSR count). The van der Waals surface area contributed by atoms with Crippen LogP contribution in [0.1, 0.15) is 32.1 Å². The molecule has 0 spiro atoms. The third-order valence-corrected chi connectivity index (χ3v) is 6.68. The summed E-state index contributed by atoms with van der Waals surface area (Å²) in [5, 5.41) is 14.8. The standard InChI is InChI=1S/C15H19N5OS2/c21-15(4-2-1-3-14-9-10-22-23-14)17-12-5-7-13(8-6-12)20-11-16-18-19-20/h5-8,11,14H,1-4,9-10H2,(H,17,21). The second-order valence-corrected chi connectivity index (χ2v) is 8.21. The molecule has 0 bridgehead atoms. The van der Waals surface area contributed by atoms with Gasteiger partial charge in [0.25, 0.3) is 0 Å². The average molecular weight is 349 g/mol. The summed E-state index contributed by atoms with van der Waals surface area (Å²) in [5.41, 5.74) is 1.66. The van der Waals surface area contributed by atoms with Gasteiger partial charge in [-0.1, -0.05) is 28.0 Å². The van der Waals surface area contributed by atoms with Gasteiger partial charge in [0.2, 0.25) is 5.91 Å². The minimum atomic E-state index is 0.0774. The molecule has 1 saturated heterocycles. The van der Waals surface area contributed by atoms with Gasteiger partial charge in [0, 0.05) is 23.1 Å². The first-order chi connectivity index (χ1) is 11.3. The van der Waals surface area contributed by atoms with Crippen molar-refractivity contribution in [3.63, 3.8) is 0 Å². The number of unbranched alkanes of at least 4 members (excludes halogenated alkanes) is 1. The molecule has 1 aliphatic heterocycles. The number of aromatic nitrogens is 4. The minimum absolute atomic E-state index is 0.0774. The second kappa shape index (κ2) is 8.35. The fourth-order valence-electron chi connectivity index (χ4n) is 2.42. The summed E-state index contributed by atoms with van der Waals surface area (Å²) in [5.74, 6) is 1.35. The Morgan fingerprint density at radius 3 is 2.87 bits per heavy atom. The lowest BCUT2D eigenvalue weighted by Crippen LogP contribution is -2.11. The largest absolute Gasteiger partial charge is 0.326 e. The summed E-state index contributed by atoms with van der Waals surface area (Å²) in [6, 6.07) is 7.48. The van der Waals surface area contributed by atoms with E-state index in [-0.39, 0.29) is 5.91 Å². The van der Waals surface area contributed by atoms with Crippen LogP contribution in [0.2, 0.25) is 0 Å². The van der Waals surface area contributed by atoms with Crippen LogP contribution in [0.4, 0.5) is 5.69 Å². The Bertz CT molecular complexity index is 611. The molecule has 1 fully saturated rings. The molecule has 0 aliphatic carbocycles. The van der Waals surface area contributed by atoms with Crippen molar-refractivity contribution in [3.8, 4) is 5.69 Å². The number of benzene rings is 1. The number of nitrogens with one attached hydrogen (secondary N) is 1. The molecule has 0 saturated carbocycles. The highest BCUT2D eigenvalue weighted by Gasteiger charge is 2.15. The number of nitrogens with zero attached hydrogens (tertiary/aromatic N) is 4. The lowest BCUT2D eigenvalue weighted by atomic mass is 10.1. The number of rotatable bonds is 7. The lowest BCUT2D eigenvalue weighted by molar-refractivity contribution is -0.116. The van der Waals surface area contributed by atoms with Crippen LogP contribution in [0.25, 0.3) is 5.69 Å². The molecule has 8 heteroatoms. The van der Waals surface area contributed by atoms with Gasteiger partial charge in [0.05, 0.1) is 5.69 Å². The molecule has 1 aliphatic rings. The Kier molecular flexibility index (Phi) is 5.93. The molecule has 1 N–H and O–H groups in total. The molecule has 0 radical (unpaired) electrons. The first kappa shape index (κ1) is 16.3. The fourth-order valence-corrected chi connectivity index (χ4v) is 5.45. The van der Waals surface area contributed by atoms with Gasteiger partial charge in [-0.15, -0.1) is 5.10 Å². The lowest BCUT2D eigenvalue weighted by Gasteiger charge is -2.08. The van der Waals surface area contributed by atoms with E-state index < -0.39 is 0 Å². The van der Waals surface area contributed by atoms with Gasteiger partial charge in [0.15, 0.2) is 0 Å². The topological polar surface area (TPSA) is 72.7 Å². The summed E-state index contributed by atoms with van der Waals surface area (Å²) >= 11 is 0. The van der Waals surface area contributed by atoms with Gasteiger partial charge >= 0.3 is 0 Å². The average Bonchev–Trinajstić information content (AvgIpc) is 3.26. The normalized spacial score (nSPS) is 17.3. The summed E-state index contributed by atoms with van der Waals surface area (Å²) in [4.78, 5) is 12.0. The maximum Gasteiger partial charge on any atom is 0.224 e. The molecule has 6 nitrogen and oxygen atoms in total. The van der Waals surface area contributed by atoms with Crippen LogP contribution in [0, 0.1) is 0 Å². The summed E-state index contributed by atoms with van der Waals surface area (Å²) in [6.07, 6.45) is 6.74. The summed E-state index contributed by atoms with van der Waals surface area (Å²) in [6.45, 7) is 0. The maximum absolute atomic E-state index is 12.0. The van der Waals surface area contributed by atoms with E-state index in [1.165, 1.54) is 24.9 Å². The number of hydrogen-bond donors (Lipinski definition) is 1. The highest BCUT2D eigenvalue weighted by atomic mass is 33.1. The van der Waals surface area contributed by atoms with E-state index in [0.717, 1.165) is 29.5 Å². The van der Waals surface area contributed by atoms with E-state index >= 15 is 0 Å². The molecule has 2 aromatic rings. The molecule has 1 atom stereocenters. The monoisotopic (exact) mass is 349 g/mol. The van der Waals surface area contributed by atoms with Gasteiger partial charge < -0.3 is 5.32 Å². The number of tetrazole rings is 1. The molecular formula is C15H19N5OS2. The smallest absolute Gasteiger partial charge is 0.224 e. The van der Waals surface area contributed by atoms with Crippen molar-refractivity contribution in [2.24, 2.45) is 0 Å². The van der Waals surface area contributed by atoms with Crippen LogP contribution >= 0.6 is 21.6 Å². The van der Waals surface area contributed by atoms with Gasteiger partial charge in [-0.3, -0.25) is 4.79 Å². The zero-order valence-electron chi connectivity index (χ0n) is 12.7. The van der Waals surface area contributed by atoms with Crippen LogP contribution in [0.3, 0.4) is 0 Å². The van der Waals surface area contributed by atoms with E-state index in [9.17, 15) is 4.79 Å². The third kappa shape index (κ3) is 4.97. The molecule has 1 unspecified atom stereocenters. The number of hydrogen-bond acceptors (Lipinski definition) is 6. The van der Waals surface area contributed by atoms with Gasteiger partial charge in [-0.2, -0.15) is 0 Å². The van der Waals surface area contributed by atoms with Crippen LogP contribution in [-0.4, -0.2) is 37.1 Å². The second-order valence-electron chi connectivity index (χ2n) is 5.42. The van der Waals surface area contributed by atoms with Crippen LogP contribution in [-0.2, 0) is 4.79 Å². The number of carbonyl (C=O) groups is 1. The molecule has 1 aromatic carbocycles. The third-order valence-electron chi connectivity index (χ3n) is 3.67. The quantitative estimate of drug-likeness (QED) is 0.611. The Morgan fingerprint density at radius 1 is 1.30 bits per heavy atom. The zero-order chi connectivity index (χ0) is 15.9. The first-order valence-corrected chi connectivity index (χ1v) is 10.1. The molecule has 1 aromatic heterocycles. The van der Waals surface area contributed by atoms with E-state index in [2.05, 4.69) is 20.8 Å². The first-order valence-electron chi connectivity index (χ1n) is 7.73. The summed E-state index contributed by atoms with van der Waals surface area (Å²) < 4.78 is 1.57. The Morgan fingerprint density at radius 2 is 2.17 bits per heavy atom. The van der Waals surface area contributed by atoms with Crippen molar-refractivity contribution in [3.05, 3.63) is 30.6 Å². The highest BCUT2D eigenvalue weighted by molar-refractivity contribution is 8.77. The van der Waals surface area contributed by atoms with E-state index in [4.69, 9.17) is 0 Å². The van der Waals surface area contributed by atoms with E-state index in [1.54, 1.807) is 4.68 Å². The van der Waals surface area contributed by atoms with E-state index in [1.807, 2.05) is 45.9 Å². The van der Waals surface area contributed by atoms with Gasteiger partial charge in [-0.25, -0.2) is 4.68 Å². The number of carbonyl (C=O) groups excluding carboxylic acids is 1. The van der Waals surface area contributed by atoms with E-state index in [0.29, 0.717) is 6.42 Å². The predicted octanol–water partition coefficient (Wildman–Crippen LogP) is 3.31. The number of amides is 1. The Hall–Kier alpha value is -1.54. The minimum Gasteiger partial charge on any atom is -0.326 e. The Balaban J connectivity index is 1.39. The van der Waals surface area contributed by atoms with Crippen LogP contribution < -0.4 is 5.32 Å². The fraction of sp³-hybridized carbons (Fsp3) is 0.467. The van der Waals surface area contributed by atoms with Crippen LogP contribution in [0.5, 0.6) is 0 Å². The SMILES string of the molecule is O=C(CCCCC1CCSS1)Nc1ccc(-n2cnnn2)cc1. The van der Waals surface area contributed by atoms with Crippen molar-refractivity contribution < 1.29 is 4.79 Å². The number of anilines is 1. The van der Waals surface area contributed by atoms with Crippen molar-refractivity contribution in [1.82, 2.24) is 20.2 Å². The van der Waals surface area contributed by atoms with Crippen molar-refractivity contribution in [1.29, 1.82) is 0 Å². The molecular weight excluding hydrogens is 330 g/mol. The van der Waals surface area contributed by atoms with Crippen molar-refractivity contribution >= 4 is 33.2 Å². The molecule has 122 valence electrons. The molecule has 2 heterocycles. The van der Waals surface area contributed by atoms with Crippen molar-refractivity contribution in [2.45, 2.75) is 37.4 Å².